The molecule has 1 aliphatic rings. The minimum absolute atomic E-state index is 0.0718. The Bertz CT molecular complexity index is 221. The van der Waals surface area contributed by atoms with Crippen LogP contribution in [0.4, 0.5) is 9.59 Å². The summed E-state index contributed by atoms with van der Waals surface area (Å²) in [7, 11) is 0. The predicted molar refractivity (Wildman–Crippen MR) is 31.9 cm³/mol. The molecule has 0 aromatic heterocycles. The van der Waals surface area contributed by atoms with Crippen LogP contribution in [-0.2, 0) is 0 Å². The molecule has 0 aromatic rings. The monoisotopic (exact) mass is 158 g/mol. The van der Waals surface area contributed by atoms with E-state index >= 15 is 0 Å². The van der Waals surface area contributed by atoms with Gasteiger partial charge < -0.3 is 15.0 Å². The first-order valence-electron chi connectivity index (χ1n) is 2.93. The molecule has 0 aliphatic carbocycles. The fraction of sp³-hybridized carbons (Fsp3) is 0.400. The van der Waals surface area contributed by atoms with E-state index in [1.807, 2.05) is 0 Å². The van der Waals surface area contributed by atoms with Gasteiger partial charge in [0.2, 0.25) is 6.34 Å². The summed E-state index contributed by atoms with van der Waals surface area (Å²) < 4.78 is -1.21. The van der Waals surface area contributed by atoms with Gasteiger partial charge in [0, 0.05) is 0 Å². The van der Waals surface area contributed by atoms with Crippen molar-refractivity contribution in [1.29, 1.82) is 0 Å². The SMILES string of the molecule is O=C([O-])[N+]1(C(=O)O)C=NCC1. The summed E-state index contributed by atoms with van der Waals surface area (Å²) in [5.74, 6) is 0. The Balaban J connectivity index is 2.98. The van der Waals surface area contributed by atoms with Crippen molar-refractivity contribution in [2.24, 2.45) is 4.99 Å². The first-order chi connectivity index (χ1) is 5.09. The number of quaternary nitrogens is 1. The lowest BCUT2D eigenvalue weighted by atomic mass is 10.5. The lowest BCUT2D eigenvalue weighted by molar-refractivity contribution is -0.706. The molecule has 0 saturated heterocycles. The van der Waals surface area contributed by atoms with Crippen molar-refractivity contribution in [3.63, 3.8) is 0 Å². The first-order valence-corrected chi connectivity index (χ1v) is 2.93. The van der Waals surface area contributed by atoms with Crippen LogP contribution in [0, 0.1) is 0 Å². The molecule has 0 spiro atoms. The minimum Gasteiger partial charge on any atom is -0.497 e. The molecule has 6 nitrogen and oxygen atoms in total. The van der Waals surface area contributed by atoms with E-state index in [0.717, 1.165) is 6.34 Å². The average molecular weight is 158 g/mol. The largest absolute Gasteiger partial charge is 0.525 e. The standard InChI is InChI=1S/C5H6N2O4/c8-4(9)7(5(10)11)2-1-6-3-7/h3H,1-2H2,(H-,8,9,10,11). The Morgan fingerprint density at radius 1 is 1.64 bits per heavy atom. The van der Waals surface area contributed by atoms with Crippen LogP contribution in [0.15, 0.2) is 4.99 Å². The molecule has 1 rings (SSSR count). The Kier molecular flexibility index (Phi) is 1.61. The normalized spacial score (nSPS) is 28.7. The highest BCUT2D eigenvalue weighted by molar-refractivity contribution is 5.84. The second-order valence-electron chi connectivity index (χ2n) is 2.16. The zero-order valence-corrected chi connectivity index (χ0v) is 5.56. The lowest BCUT2D eigenvalue weighted by Gasteiger charge is -2.21. The van der Waals surface area contributed by atoms with Crippen LogP contribution >= 0.6 is 0 Å². The maximum Gasteiger partial charge on any atom is 0.525 e. The van der Waals surface area contributed by atoms with Crippen molar-refractivity contribution >= 4 is 18.5 Å². The number of carbonyl (C=O) groups excluding carboxylic acids is 1. The number of nitrogens with zero attached hydrogens (tertiary/aromatic N) is 2. The highest BCUT2D eigenvalue weighted by Crippen LogP contribution is 2.08. The molecule has 1 atom stereocenters. The molecule has 0 fully saturated rings. The third kappa shape index (κ3) is 0.966. The van der Waals surface area contributed by atoms with Crippen molar-refractivity contribution in [1.82, 2.24) is 0 Å². The molecule has 11 heavy (non-hydrogen) atoms. The summed E-state index contributed by atoms with van der Waals surface area (Å²) >= 11 is 0. The van der Waals surface area contributed by atoms with Crippen LogP contribution in [0.25, 0.3) is 0 Å². The van der Waals surface area contributed by atoms with Gasteiger partial charge in [-0.3, -0.25) is 0 Å². The molecule has 0 aromatic carbocycles. The van der Waals surface area contributed by atoms with Gasteiger partial charge in [0.1, 0.15) is 6.54 Å². The van der Waals surface area contributed by atoms with Crippen molar-refractivity contribution < 1.29 is 24.3 Å². The van der Waals surface area contributed by atoms with Gasteiger partial charge in [-0.2, -0.15) is 4.79 Å². The Morgan fingerprint density at radius 2 is 2.27 bits per heavy atom. The highest BCUT2D eigenvalue weighted by atomic mass is 16.4. The lowest BCUT2D eigenvalue weighted by Crippen LogP contribution is -2.59. The number of carbonyl (C=O) groups is 2. The van der Waals surface area contributed by atoms with E-state index in [0.29, 0.717) is 0 Å². The van der Waals surface area contributed by atoms with Gasteiger partial charge in [0.15, 0.2) is 0 Å². The maximum absolute atomic E-state index is 10.4. The van der Waals surface area contributed by atoms with Gasteiger partial charge in [-0.15, -0.1) is 4.48 Å². The topological polar surface area (TPSA) is 89.8 Å². The summed E-state index contributed by atoms with van der Waals surface area (Å²) in [6.07, 6.45) is -2.25. The second-order valence-corrected chi connectivity index (χ2v) is 2.16. The van der Waals surface area contributed by atoms with Gasteiger partial charge in [-0.1, -0.05) is 0 Å². The molecule has 0 saturated carbocycles. The molecule has 60 valence electrons. The Labute approximate surface area is 62.0 Å². The Hall–Kier alpha value is -1.43. The first kappa shape index (κ1) is 7.67. The van der Waals surface area contributed by atoms with Gasteiger partial charge >= 0.3 is 6.09 Å². The summed E-state index contributed by atoms with van der Waals surface area (Å²) in [6, 6.07) is 0. The molecule has 0 radical (unpaired) electrons. The second kappa shape index (κ2) is 2.31. The zero-order valence-electron chi connectivity index (χ0n) is 5.56. The van der Waals surface area contributed by atoms with Crippen LogP contribution in [0.1, 0.15) is 0 Å². The van der Waals surface area contributed by atoms with E-state index < -0.39 is 16.7 Å². The van der Waals surface area contributed by atoms with Crippen molar-refractivity contribution in [3.8, 4) is 0 Å². The quantitative estimate of drug-likeness (QED) is 0.451. The summed E-state index contributed by atoms with van der Waals surface area (Å²) in [6.45, 7) is 0.137. The summed E-state index contributed by atoms with van der Waals surface area (Å²) in [4.78, 5) is 24.3. The number of hydrogen-bond acceptors (Lipinski definition) is 4. The molecule has 0 bridgehead atoms. The average Bonchev–Trinajstić information content (AvgIpc) is 2.34. The van der Waals surface area contributed by atoms with Crippen molar-refractivity contribution in [2.45, 2.75) is 0 Å². The maximum atomic E-state index is 10.4. The zero-order chi connectivity index (χ0) is 8.48. The molecule has 1 unspecified atom stereocenters. The van der Waals surface area contributed by atoms with E-state index in [1.54, 1.807) is 0 Å². The number of carboxylic acid groups (broad SMARTS) is 2. The number of aliphatic imine (C=N–C) groups is 1. The molecular weight excluding hydrogens is 152 g/mol. The molecule has 1 aliphatic heterocycles. The van der Waals surface area contributed by atoms with Crippen LogP contribution in [0.3, 0.4) is 0 Å². The van der Waals surface area contributed by atoms with Crippen molar-refractivity contribution in [3.05, 3.63) is 0 Å². The number of rotatable bonds is 0. The van der Waals surface area contributed by atoms with Crippen molar-refractivity contribution in [2.75, 3.05) is 13.1 Å². The van der Waals surface area contributed by atoms with Gasteiger partial charge in [0.25, 0.3) is 6.09 Å². The van der Waals surface area contributed by atoms with E-state index in [-0.39, 0.29) is 13.1 Å². The van der Waals surface area contributed by atoms with E-state index in [2.05, 4.69) is 4.99 Å². The fourth-order valence-electron chi connectivity index (χ4n) is 0.832. The summed E-state index contributed by atoms with van der Waals surface area (Å²) in [5.41, 5.74) is 0. The highest BCUT2D eigenvalue weighted by Gasteiger charge is 2.41. The van der Waals surface area contributed by atoms with Crippen LogP contribution in [0.2, 0.25) is 0 Å². The van der Waals surface area contributed by atoms with Gasteiger partial charge in [-0.05, 0) is 0 Å². The molecular formula is C5H6N2O4. The minimum atomic E-state index is -1.65. The third-order valence-corrected chi connectivity index (χ3v) is 1.53. The number of hydrogen-bond donors (Lipinski definition) is 1. The van der Waals surface area contributed by atoms with E-state index in [4.69, 9.17) is 5.11 Å². The molecule has 1 heterocycles. The Morgan fingerprint density at radius 3 is 2.45 bits per heavy atom. The molecule has 2 amide bonds. The van der Waals surface area contributed by atoms with Crippen LogP contribution in [-0.4, -0.2) is 41.2 Å². The van der Waals surface area contributed by atoms with Crippen LogP contribution in [0.5, 0.6) is 0 Å². The predicted octanol–water partition coefficient (Wildman–Crippen LogP) is -1.13. The van der Waals surface area contributed by atoms with E-state index in [9.17, 15) is 14.7 Å². The third-order valence-electron chi connectivity index (χ3n) is 1.53. The smallest absolute Gasteiger partial charge is 0.497 e. The fourth-order valence-corrected chi connectivity index (χ4v) is 0.832. The van der Waals surface area contributed by atoms with E-state index in [1.165, 1.54) is 0 Å². The number of amides is 2. The molecule has 1 N–H and O–H groups in total. The van der Waals surface area contributed by atoms with Gasteiger partial charge in [-0.25, -0.2) is 4.99 Å². The summed E-state index contributed by atoms with van der Waals surface area (Å²) in [5, 5.41) is 18.8. The molecule has 6 heteroatoms. The van der Waals surface area contributed by atoms with Gasteiger partial charge in [0.05, 0.1) is 6.54 Å². The van der Waals surface area contributed by atoms with Crippen LogP contribution < -0.4 is 5.11 Å². The number of imide groups is 1.